The molecular weight excluding hydrogens is 436 g/mol. The van der Waals surface area contributed by atoms with Crippen LogP contribution in [0.1, 0.15) is 78.5 Å². The lowest BCUT2D eigenvalue weighted by molar-refractivity contribution is -0.143. The molecule has 0 spiro atoms. The van der Waals surface area contributed by atoms with Crippen LogP contribution in [0.15, 0.2) is 24.3 Å². The summed E-state index contributed by atoms with van der Waals surface area (Å²) in [5, 5.41) is 5.52. The molecule has 4 N–H and O–H groups in total. The predicted octanol–water partition coefficient (Wildman–Crippen LogP) is 2.96. The molecule has 34 heavy (non-hydrogen) atoms. The van der Waals surface area contributed by atoms with Crippen molar-refractivity contribution < 1.29 is 23.9 Å². The Balaban J connectivity index is 3.41. The molecule has 2 unspecified atom stereocenters. The van der Waals surface area contributed by atoms with Gasteiger partial charge >= 0.3 is 6.09 Å². The molecule has 0 saturated carbocycles. The minimum Gasteiger partial charge on any atom is -0.444 e. The second-order valence-electron chi connectivity index (χ2n) is 10.3. The third-order valence-electron chi connectivity index (χ3n) is 4.83. The maximum atomic E-state index is 13.7. The molecule has 0 aliphatic rings. The van der Waals surface area contributed by atoms with Gasteiger partial charge in [0, 0.05) is 18.5 Å². The normalized spacial score (nSPS) is 13.4. The highest BCUT2D eigenvalue weighted by Gasteiger charge is 2.37. The number of aryl methyl sites for hydroxylation is 1. The van der Waals surface area contributed by atoms with Crippen molar-refractivity contribution in [1.82, 2.24) is 15.5 Å². The second-order valence-corrected chi connectivity index (χ2v) is 10.3. The summed E-state index contributed by atoms with van der Waals surface area (Å²) in [5.41, 5.74) is 5.51. The topological polar surface area (TPSA) is 131 Å². The van der Waals surface area contributed by atoms with Crippen LogP contribution in [-0.4, -0.2) is 52.4 Å². The lowest BCUT2D eigenvalue weighted by Gasteiger charge is -2.36. The predicted molar refractivity (Wildman–Crippen MR) is 131 cm³/mol. The van der Waals surface area contributed by atoms with Crippen LogP contribution in [0, 0.1) is 6.92 Å². The zero-order chi connectivity index (χ0) is 26.3. The van der Waals surface area contributed by atoms with Crippen LogP contribution >= 0.6 is 0 Å². The first-order chi connectivity index (χ1) is 15.6. The van der Waals surface area contributed by atoms with E-state index in [1.165, 1.54) is 4.90 Å². The largest absolute Gasteiger partial charge is 0.444 e. The molecule has 9 heteroatoms. The number of nitrogens with zero attached hydrogens (tertiary/aromatic N) is 1. The van der Waals surface area contributed by atoms with Gasteiger partial charge in [0.25, 0.3) is 0 Å². The number of benzene rings is 1. The number of nitrogens with one attached hydrogen (secondary N) is 2. The van der Waals surface area contributed by atoms with E-state index >= 15 is 0 Å². The quantitative estimate of drug-likeness (QED) is 0.504. The van der Waals surface area contributed by atoms with Crippen LogP contribution in [-0.2, 0) is 19.1 Å². The number of ether oxygens (including phenoxy) is 1. The Hall–Kier alpha value is -3.10. The van der Waals surface area contributed by atoms with E-state index < -0.39 is 41.1 Å². The Kier molecular flexibility index (Phi) is 10.1. The van der Waals surface area contributed by atoms with Crippen molar-refractivity contribution in [3.63, 3.8) is 0 Å². The highest BCUT2D eigenvalue weighted by atomic mass is 16.6. The van der Waals surface area contributed by atoms with Gasteiger partial charge in [-0.1, -0.05) is 24.3 Å². The molecule has 0 heterocycles. The molecule has 1 aromatic carbocycles. The van der Waals surface area contributed by atoms with Gasteiger partial charge in [0.2, 0.25) is 17.7 Å². The average Bonchev–Trinajstić information content (AvgIpc) is 2.66. The van der Waals surface area contributed by atoms with Crippen LogP contribution in [0.3, 0.4) is 0 Å². The molecule has 9 nitrogen and oxygen atoms in total. The van der Waals surface area contributed by atoms with E-state index in [0.29, 0.717) is 5.56 Å². The molecule has 0 fully saturated rings. The summed E-state index contributed by atoms with van der Waals surface area (Å²) < 4.78 is 5.30. The number of likely N-dealkylation sites (N-methyl/N-ethyl adjacent to an activating group) is 1. The fraction of sp³-hybridized carbons (Fsp3) is 0.600. The number of carbonyl (C=O) groups is 4. The molecule has 0 aliphatic carbocycles. The lowest BCUT2D eigenvalue weighted by atomic mass is 9.96. The van der Waals surface area contributed by atoms with Gasteiger partial charge in [0.05, 0.1) is 0 Å². The third-order valence-corrected chi connectivity index (χ3v) is 4.83. The van der Waals surface area contributed by atoms with Gasteiger partial charge in [0.1, 0.15) is 17.7 Å². The van der Waals surface area contributed by atoms with Crippen LogP contribution in [0.25, 0.3) is 0 Å². The van der Waals surface area contributed by atoms with Gasteiger partial charge in [-0.3, -0.25) is 14.4 Å². The molecule has 0 aliphatic heterocycles. The minimum atomic E-state index is -1.10. The Bertz CT molecular complexity index is 886. The number of amides is 4. The molecular formula is C25H40N4O5. The fourth-order valence-electron chi connectivity index (χ4n) is 3.44. The van der Waals surface area contributed by atoms with Gasteiger partial charge < -0.3 is 26.0 Å². The molecule has 0 radical (unpaired) electrons. The van der Waals surface area contributed by atoms with Crippen molar-refractivity contribution in [2.75, 3.05) is 6.54 Å². The van der Waals surface area contributed by atoms with Gasteiger partial charge in [0.15, 0.2) is 0 Å². The Morgan fingerprint density at radius 2 is 1.65 bits per heavy atom. The number of primary amides is 1. The first-order valence-corrected chi connectivity index (χ1v) is 11.5. The standard InChI is InChI=1S/C25H40N4O5/c1-9-29(20(21(31)28-24(3,4)5)17-13-11-10-12-16(17)2)22(32)18(14-15-19(26)30)27-23(33)34-25(6,7)8/h10-13,18,20H,9,14-15H2,1-8H3,(H2,26,30)(H,27,33)(H,28,31). The smallest absolute Gasteiger partial charge is 0.408 e. The van der Waals surface area contributed by atoms with Crippen LogP contribution in [0.2, 0.25) is 0 Å². The fourth-order valence-corrected chi connectivity index (χ4v) is 3.44. The van der Waals surface area contributed by atoms with E-state index in [2.05, 4.69) is 10.6 Å². The molecule has 0 bridgehead atoms. The van der Waals surface area contributed by atoms with Crippen LogP contribution in [0.4, 0.5) is 4.79 Å². The molecule has 0 saturated heterocycles. The van der Waals surface area contributed by atoms with E-state index in [-0.39, 0.29) is 25.3 Å². The molecule has 190 valence electrons. The molecule has 1 aromatic rings. The van der Waals surface area contributed by atoms with Crippen molar-refractivity contribution in [3.05, 3.63) is 35.4 Å². The summed E-state index contributed by atoms with van der Waals surface area (Å²) >= 11 is 0. The minimum absolute atomic E-state index is 0.0225. The first kappa shape index (κ1) is 28.9. The summed E-state index contributed by atoms with van der Waals surface area (Å²) in [7, 11) is 0. The SMILES string of the molecule is CCN(C(=O)C(CCC(N)=O)NC(=O)OC(C)(C)C)C(C(=O)NC(C)(C)C)c1ccccc1C. The first-order valence-electron chi connectivity index (χ1n) is 11.5. The summed E-state index contributed by atoms with van der Waals surface area (Å²) in [5.74, 6) is -1.46. The third kappa shape index (κ3) is 9.41. The number of nitrogens with two attached hydrogens (primary N) is 1. The van der Waals surface area contributed by atoms with Crippen LogP contribution < -0.4 is 16.4 Å². The zero-order valence-electron chi connectivity index (χ0n) is 21.7. The number of rotatable bonds is 9. The molecule has 2 atom stereocenters. The van der Waals surface area contributed by atoms with Crippen molar-refractivity contribution in [2.45, 2.75) is 91.5 Å². The number of carbonyl (C=O) groups excluding carboxylic acids is 4. The lowest BCUT2D eigenvalue weighted by Crippen LogP contribution is -2.54. The molecule has 1 rings (SSSR count). The zero-order valence-corrected chi connectivity index (χ0v) is 21.7. The van der Waals surface area contributed by atoms with Gasteiger partial charge in [-0.15, -0.1) is 0 Å². The summed E-state index contributed by atoms with van der Waals surface area (Å²) in [6.45, 7) is 14.5. The summed E-state index contributed by atoms with van der Waals surface area (Å²) in [6.07, 6.45) is -0.934. The van der Waals surface area contributed by atoms with Gasteiger partial charge in [-0.25, -0.2) is 4.79 Å². The van der Waals surface area contributed by atoms with Crippen LogP contribution in [0.5, 0.6) is 0 Å². The second kappa shape index (κ2) is 11.9. The highest BCUT2D eigenvalue weighted by molar-refractivity contribution is 5.92. The van der Waals surface area contributed by atoms with Gasteiger partial charge in [-0.2, -0.15) is 0 Å². The summed E-state index contributed by atoms with van der Waals surface area (Å²) in [6, 6.07) is 5.30. The van der Waals surface area contributed by atoms with Gasteiger partial charge in [-0.05, 0) is 72.9 Å². The number of hydrogen-bond donors (Lipinski definition) is 3. The van der Waals surface area contributed by atoms with E-state index in [1.807, 2.05) is 45.9 Å². The van der Waals surface area contributed by atoms with Crippen molar-refractivity contribution in [2.24, 2.45) is 5.73 Å². The van der Waals surface area contributed by atoms with E-state index in [9.17, 15) is 19.2 Å². The Labute approximate surface area is 202 Å². The Morgan fingerprint density at radius 1 is 1.06 bits per heavy atom. The van der Waals surface area contributed by atoms with E-state index in [1.54, 1.807) is 33.8 Å². The van der Waals surface area contributed by atoms with Crippen molar-refractivity contribution in [1.29, 1.82) is 0 Å². The maximum absolute atomic E-state index is 13.7. The molecule has 0 aromatic heterocycles. The maximum Gasteiger partial charge on any atom is 0.408 e. The Morgan fingerprint density at radius 3 is 2.12 bits per heavy atom. The highest BCUT2D eigenvalue weighted by Crippen LogP contribution is 2.26. The summed E-state index contributed by atoms with van der Waals surface area (Å²) in [4.78, 5) is 52.4. The average molecular weight is 477 g/mol. The monoisotopic (exact) mass is 476 g/mol. The van der Waals surface area contributed by atoms with E-state index in [0.717, 1.165) is 5.56 Å². The number of hydrogen-bond acceptors (Lipinski definition) is 5. The number of alkyl carbamates (subject to hydrolysis) is 1. The van der Waals surface area contributed by atoms with Crippen molar-refractivity contribution >= 4 is 23.8 Å². The van der Waals surface area contributed by atoms with Crippen molar-refractivity contribution in [3.8, 4) is 0 Å². The van der Waals surface area contributed by atoms with E-state index in [4.69, 9.17) is 10.5 Å². The molecule has 4 amide bonds.